The summed E-state index contributed by atoms with van der Waals surface area (Å²) in [5.41, 5.74) is 2.43. The molecule has 0 aliphatic carbocycles. The van der Waals surface area contributed by atoms with Crippen molar-refractivity contribution in [1.82, 2.24) is 0 Å². The van der Waals surface area contributed by atoms with Gasteiger partial charge in [0.25, 0.3) is 5.91 Å². The molecule has 2 N–H and O–H groups in total. The van der Waals surface area contributed by atoms with Crippen LogP contribution in [0.15, 0.2) is 48.5 Å². The van der Waals surface area contributed by atoms with E-state index in [1.807, 2.05) is 55.5 Å². The van der Waals surface area contributed by atoms with Crippen LogP contribution in [-0.2, 0) is 11.2 Å². The molecule has 0 saturated carbocycles. The molecular weight excluding hydrogens is 330 g/mol. The number of benzene rings is 2. The average molecular weight is 355 g/mol. The number of carboxylic acids is 1. The van der Waals surface area contributed by atoms with Crippen LogP contribution >= 0.6 is 0 Å². The fourth-order valence-electron chi connectivity index (χ4n) is 2.63. The Morgan fingerprint density at radius 3 is 2.42 bits per heavy atom. The summed E-state index contributed by atoms with van der Waals surface area (Å²) in [5, 5.41) is 11.5. The minimum atomic E-state index is -0.759. The minimum Gasteiger partial charge on any atom is -0.494 e. The second kappa shape index (κ2) is 10.2. The molecule has 5 heteroatoms. The Bertz CT molecular complexity index is 725. The van der Waals surface area contributed by atoms with E-state index in [4.69, 9.17) is 9.84 Å². The molecule has 0 fully saturated rings. The Balaban J connectivity index is 1.80. The van der Waals surface area contributed by atoms with Crippen molar-refractivity contribution in [2.45, 2.75) is 39.0 Å². The van der Waals surface area contributed by atoms with Gasteiger partial charge in [-0.2, -0.15) is 0 Å². The van der Waals surface area contributed by atoms with Gasteiger partial charge < -0.3 is 15.2 Å². The van der Waals surface area contributed by atoms with E-state index in [1.54, 1.807) is 0 Å². The highest BCUT2D eigenvalue weighted by atomic mass is 16.5. The number of amides is 1. The van der Waals surface area contributed by atoms with Crippen molar-refractivity contribution in [2.75, 3.05) is 11.9 Å². The number of aliphatic carboxylic acids is 1. The molecule has 0 atom stereocenters. The molecule has 0 spiro atoms. The Morgan fingerprint density at radius 2 is 1.73 bits per heavy atom. The number of carbonyl (C=O) groups excluding carboxylic acids is 1. The number of anilines is 1. The monoisotopic (exact) mass is 355 g/mol. The smallest absolute Gasteiger partial charge is 0.303 e. The predicted molar refractivity (Wildman–Crippen MR) is 102 cm³/mol. The van der Waals surface area contributed by atoms with Crippen molar-refractivity contribution < 1.29 is 19.4 Å². The summed E-state index contributed by atoms with van der Waals surface area (Å²) in [6.45, 7) is 2.58. The van der Waals surface area contributed by atoms with Crippen LogP contribution in [-0.4, -0.2) is 23.6 Å². The topological polar surface area (TPSA) is 75.6 Å². The zero-order valence-electron chi connectivity index (χ0n) is 15.0. The fourth-order valence-corrected chi connectivity index (χ4v) is 2.63. The van der Waals surface area contributed by atoms with Gasteiger partial charge in [0.2, 0.25) is 0 Å². The normalized spacial score (nSPS) is 10.3. The van der Waals surface area contributed by atoms with Crippen LogP contribution in [0.2, 0.25) is 0 Å². The maximum Gasteiger partial charge on any atom is 0.303 e. The number of hydrogen-bond acceptors (Lipinski definition) is 3. The highest BCUT2D eigenvalue weighted by Crippen LogP contribution is 2.18. The third-order valence-corrected chi connectivity index (χ3v) is 4.06. The molecule has 0 unspecified atom stereocenters. The first-order chi connectivity index (χ1) is 12.6. The molecule has 0 heterocycles. The van der Waals surface area contributed by atoms with Gasteiger partial charge in [-0.05, 0) is 61.6 Å². The lowest BCUT2D eigenvalue weighted by molar-refractivity contribution is -0.137. The van der Waals surface area contributed by atoms with E-state index in [9.17, 15) is 9.59 Å². The van der Waals surface area contributed by atoms with Gasteiger partial charge >= 0.3 is 5.97 Å². The molecule has 138 valence electrons. The van der Waals surface area contributed by atoms with Crippen LogP contribution in [0.3, 0.4) is 0 Å². The van der Waals surface area contributed by atoms with Crippen LogP contribution in [0.5, 0.6) is 5.75 Å². The molecule has 0 bridgehead atoms. The quantitative estimate of drug-likeness (QED) is 0.614. The maximum atomic E-state index is 12.4. The van der Waals surface area contributed by atoms with Crippen LogP contribution < -0.4 is 10.1 Å². The first kappa shape index (κ1) is 19.5. The highest BCUT2D eigenvalue weighted by molar-refractivity contribution is 6.05. The predicted octanol–water partition coefficient (Wildman–Crippen LogP) is 4.53. The van der Waals surface area contributed by atoms with Gasteiger partial charge in [0.15, 0.2) is 0 Å². The molecule has 2 rings (SSSR count). The van der Waals surface area contributed by atoms with Crippen molar-refractivity contribution in [3.63, 3.8) is 0 Å². The molecule has 0 aromatic heterocycles. The number of rotatable bonds is 10. The van der Waals surface area contributed by atoms with E-state index in [2.05, 4.69) is 5.32 Å². The Hall–Kier alpha value is -2.82. The van der Waals surface area contributed by atoms with Crippen LogP contribution in [0.25, 0.3) is 0 Å². The second-order valence-electron chi connectivity index (χ2n) is 6.04. The first-order valence-electron chi connectivity index (χ1n) is 8.94. The van der Waals surface area contributed by atoms with E-state index in [1.165, 1.54) is 0 Å². The summed E-state index contributed by atoms with van der Waals surface area (Å²) in [6.07, 6.45) is 3.33. The summed E-state index contributed by atoms with van der Waals surface area (Å²) in [4.78, 5) is 22.8. The number of ether oxygens (including phenoxy) is 1. The number of carbonyl (C=O) groups is 2. The van der Waals surface area contributed by atoms with Gasteiger partial charge in [-0.15, -0.1) is 0 Å². The average Bonchev–Trinajstić information content (AvgIpc) is 2.65. The first-order valence-corrected chi connectivity index (χ1v) is 8.94. The molecule has 5 nitrogen and oxygen atoms in total. The van der Waals surface area contributed by atoms with Crippen molar-refractivity contribution in [1.29, 1.82) is 0 Å². The van der Waals surface area contributed by atoms with Crippen LogP contribution in [0.4, 0.5) is 5.69 Å². The van der Waals surface area contributed by atoms with Crippen molar-refractivity contribution in [3.05, 3.63) is 59.7 Å². The number of aryl methyl sites for hydroxylation is 1. The van der Waals surface area contributed by atoms with E-state index in [0.29, 0.717) is 18.6 Å². The largest absolute Gasteiger partial charge is 0.494 e. The summed E-state index contributed by atoms with van der Waals surface area (Å²) in [6, 6.07) is 14.8. The Labute approximate surface area is 154 Å². The molecular formula is C21H25NO4. The van der Waals surface area contributed by atoms with Gasteiger partial charge in [-0.25, -0.2) is 0 Å². The zero-order valence-corrected chi connectivity index (χ0v) is 15.0. The third kappa shape index (κ3) is 6.24. The lowest BCUT2D eigenvalue weighted by Crippen LogP contribution is -2.14. The SMILES string of the molecule is CCc1ccccc1C(=O)Nc1ccc(OCCCCCC(=O)O)cc1. The lowest BCUT2D eigenvalue weighted by Gasteiger charge is -2.10. The van der Waals surface area contributed by atoms with Gasteiger partial charge in [0, 0.05) is 17.7 Å². The lowest BCUT2D eigenvalue weighted by atomic mass is 10.0. The Morgan fingerprint density at radius 1 is 1.00 bits per heavy atom. The van der Waals surface area contributed by atoms with Crippen LogP contribution in [0.1, 0.15) is 48.5 Å². The summed E-state index contributed by atoms with van der Waals surface area (Å²) < 4.78 is 5.63. The van der Waals surface area contributed by atoms with Gasteiger partial charge in [-0.1, -0.05) is 25.1 Å². The summed E-state index contributed by atoms with van der Waals surface area (Å²) in [7, 11) is 0. The third-order valence-electron chi connectivity index (χ3n) is 4.06. The summed E-state index contributed by atoms with van der Waals surface area (Å²) in [5.74, 6) is -0.144. The van der Waals surface area contributed by atoms with Gasteiger partial charge in [0.05, 0.1) is 6.61 Å². The number of carboxylic acid groups (broad SMARTS) is 1. The summed E-state index contributed by atoms with van der Waals surface area (Å²) >= 11 is 0. The standard InChI is InChI=1S/C21H25NO4/c1-2-16-8-5-6-9-19(16)21(25)22-17-11-13-18(14-12-17)26-15-7-3-4-10-20(23)24/h5-6,8-9,11-14H,2-4,7,10,15H2,1H3,(H,22,25)(H,23,24). The highest BCUT2D eigenvalue weighted by Gasteiger charge is 2.10. The molecule has 26 heavy (non-hydrogen) atoms. The Kier molecular flexibility index (Phi) is 7.68. The van der Waals surface area contributed by atoms with Crippen LogP contribution in [0, 0.1) is 0 Å². The van der Waals surface area contributed by atoms with Gasteiger partial charge in [-0.3, -0.25) is 9.59 Å². The van der Waals surface area contributed by atoms with E-state index in [-0.39, 0.29) is 12.3 Å². The molecule has 0 aliphatic rings. The second-order valence-corrected chi connectivity index (χ2v) is 6.04. The molecule has 2 aromatic rings. The molecule has 0 radical (unpaired) electrons. The van der Waals surface area contributed by atoms with Crippen molar-refractivity contribution >= 4 is 17.6 Å². The van der Waals surface area contributed by atoms with E-state index in [0.717, 1.165) is 36.3 Å². The van der Waals surface area contributed by atoms with E-state index >= 15 is 0 Å². The number of nitrogens with one attached hydrogen (secondary N) is 1. The number of hydrogen-bond donors (Lipinski definition) is 2. The van der Waals surface area contributed by atoms with Crippen molar-refractivity contribution in [3.8, 4) is 5.75 Å². The maximum absolute atomic E-state index is 12.4. The molecule has 2 aromatic carbocycles. The number of unbranched alkanes of at least 4 members (excludes halogenated alkanes) is 2. The zero-order chi connectivity index (χ0) is 18.8. The van der Waals surface area contributed by atoms with E-state index < -0.39 is 5.97 Å². The fraction of sp³-hybridized carbons (Fsp3) is 0.333. The van der Waals surface area contributed by atoms with Crippen molar-refractivity contribution in [2.24, 2.45) is 0 Å². The molecule has 1 amide bonds. The molecule has 0 aliphatic heterocycles. The van der Waals surface area contributed by atoms with Gasteiger partial charge in [0.1, 0.15) is 5.75 Å². The minimum absolute atomic E-state index is 0.116. The molecule has 0 saturated heterocycles.